The van der Waals surface area contributed by atoms with Crippen LogP contribution in [0.25, 0.3) is 0 Å². The standard InChI is InChI=1S/C16H14FN/c1-12(2)15-8-7-13(10-16(15)17)5-6-14-4-3-9-18-11-14/h3-4,7-12H,1-2H3. The van der Waals surface area contributed by atoms with Crippen molar-refractivity contribution < 1.29 is 4.39 Å². The molecule has 1 heterocycles. The van der Waals surface area contributed by atoms with E-state index in [-0.39, 0.29) is 11.7 Å². The van der Waals surface area contributed by atoms with Gasteiger partial charge < -0.3 is 0 Å². The van der Waals surface area contributed by atoms with Crippen molar-refractivity contribution in [1.29, 1.82) is 0 Å². The molecule has 0 saturated carbocycles. The molecule has 1 nitrogen and oxygen atoms in total. The first-order valence-electron chi connectivity index (χ1n) is 5.88. The minimum absolute atomic E-state index is 0.185. The lowest BCUT2D eigenvalue weighted by Crippen LogP contribution is -1.93. The zero-order chi connectivity index (χ0) is 13.0. The SMILES string of the molecule is CC(C)c1ccc(C#Cc2cccnc2)cc1F. The first kappa shape index (κ1) is 12.3. The number of rotatable bonds is 1. The Hall–Kier alpha value is -2.14. The molecule has 0 amide bonds. The summed E-state index contributed by atoms with van der Waals surface area (Å²) in [5.41, 5.74) is 2.23. The van der Waals surface area contributed by atoms with E-state index in [2.05, 4.69) is 16.8 Å². The molecule has 2 rings (SSSR count). The van der Waals surface area contributed by atoms with Gasteiger partial charge in [-0.1, -0.05) is 31.8 Å². The summed E-state index contributed by atoms with van der Waals surface area (Å²) in [6.45, 7) is 3.94. The summed E-state index contributed by atoms with van der Waals surface area (Å²) in [6, 6.07) is 8.83. The third-order valence-corrected chi connectivity index (χ3v) is 2.64. The van der Waals surface area contributed by atoms with Crippen LogP contribution in [0.5, 0.6) is 0 Å². The van der Waals surface area contributed by atoms with Crippen LogP contribution >= 0.6 is 0 Å². The Kier molecular flexibility index (Phi) is 3.74. The number of benzene rings is 1. The smallest absolute Gasteiger partial charge is 0.127 e. The van der Waals surface area contributed by atoms with Gasteiger partial charge in [0.15, 0.2) is 0 Å². The zero-order valence-electron chi connectivity index (χ0n) is 10.4. The van der Waals surface area contributed by atoms with Crippen molar-refractivity contribution in [2.75, 3.05) is 0 Å². The molecule has 0 aliphatic rings. The van der Waals surface area contributed by atoms with Crippen LogP contribution in [0.15, 0.2) is 42.7 Å². The molecule has 0 aliphatic carbocycles. The molecule has 0 aliphatic heterocycles. The second-order valence-corrected chi connectivity index (χ2v) is 4.38. The van der Waals surface area contributed by atoms with Crippen molar-refractivity contribution in [3.05, 3.63) is 65.2 Å². The van der Waals surface area contributed by atoms with E-state index >= 15 is 0 Å². The van der Waals surface area contributed by atoms with Gasteiger partial charge in [0.25, 0.3) is 0 Å². The summed E-state index contributed by atoms with van der Waals surface area (Å²) >= 11 is 0. The molecule has 0 unspecified atom stereocenters. The van der Waals surface area contributed by atoms with Crippen molar-refractivity contribution in [2.45, 2.75) is 19.8 Å². The van der Waals surface area contributed by atoms with Gasteiger partial charge in [0.05, 0.1) is 0 Å². The predicted molar refractivity (Wildman–Crippen MR) is 70.7 cm³/mol. The largest absolute Gasteiger partial charge is 0.263 e. The van der Waals surface area contributed by atoms with Gasteiger partial charge in [0.2, 0.25) is 0 Å². The minimum Gasteiger partial charge on any atom is -0.263 e. The van der Waals surface area contributed by atoms with Crippen LogP contribution in [-0.4, -0.2) is 4.98 Å². The minimum atomic E-state index is -0.192. The Labute approximate surface area is 107 Å². The maximum absolute atomic E-state index is 13.7. The lowest BCUT2D eigenvalue weighted by Gasteiger charge is -2.06. The van der Waals surface area contributed by atoms with E-state index in [1.165, 1.54) is 6.07 Å². The highest BCUT2D eigenvalue weighted by molar-refractivity contribution is 5.43. The maximum atomic E-state index is 13.7. The van der Waals surface area contributed by atoms with Crippen molar-refractivity contribution in [3.8, 4) is 11.8 Å². The van der Waals surface area contributed by atoms with Gasteiger partial charge >= 0.3 is 0 Å². The van der Waals surface area contributed by atoms with Crippen molar-refractivity contribution in [3.63, 3.8) is 0 Å². The van der Waals surface area contributed by atoms with E-state index in [9.17, 15) is 4.39 Å². The van der Waals surface area contributed by atoms with Gasteiger partial charge in [-0.2, -0.15) is 0 Å². The second-order valence-electron chi connectivity index (χ2n) is 4.38. The zero-order valence-corrected chi connectivity index (χ0v) is 10.4. The summed E-state index contributed by atoms with van der Waals surface area (Å²) in [5.74, 6) is 5.89. The third kappa shape index (κ3) is 2.95. The topological polar surface area (TPSA) is 12.9 Å². The monoisotopic (exact) mass is 239 g/mol. The number of nitrogens with zero attached hydrogens (tertiary/aromatic N) is 1. The predicted octanol–water partition coefficient (Wildman–Crippen LogP) is 3.74. The molecule has 0 spiro atoms. The van der Waals surface area contributed by atoms with Crippen LogP contribution in [0.4, 0.5) is 4.39 Å². The fourth-order valence-corrected chi connectivity index (χ4v) is 1.65. The number of hydrogen-bond acceptors (Lipinski definition) is 1. The molecule has 0 saturated heterocycles. The number of halogens is 1. The van der Waals surface area contributed by atoms with Crippen LogP contribution in [0, 0.1) is 17.7 Å². The molecule has 2 heteroatoms. The van der Waals surface area contributed by atoms with Crippen LogP contribution in [0.3, 0.4) is 0 Å². The fraction of sp³-hybridized carbons (Fsp3) is 0.188. The molecule has 0 bridgehead atoms. The third-order valence-electron chi connectivity index (χ3n) is 2.64. The van der Waals surface area contributed by atoms with E-state index in [1.807, 2.05) is 32.0 Å². The van der Waals surface area contributed by atoms with Gasteiger partial charge in [0.1, 0.15) is 5.82 Å². The van der Waals surface area contributed by atoms with Crippen LogP contribution in [0.2, 0.25) is 0 Å². The Bertz CT molecular complexity index is 591. The number of pyridine rings is 1. The van der Waals surface area contributed by atoms with Crippen LogP contribution in [0.1, 0.15) is 36.5 Å². The highest BCUT2D eigenvalue weighted by Gasteiger charge is 2.05. The van der Waals surface area contributed by atoms with E-state index in [0.29, 0.717) is 5.56 Å². The molecule has 18 heavy (non-hydrogen) atoms. The average molecular weight is 239 g/mol. The summed E-state index contributed by atoms with van der Waals surface area (Å²) in [7, 11) is 0. The van der Waals surface area contributed by atoms with Crippen LogP contribution in [-0.2, 0) is 0 Å². The quantitative estimate of drug-likeness (QED) is 0.691. The molecule has 0 fully saturated rings. The van der Waals surface area contributed by atoms with E-state index in [1.54, 1.807) is 18.5 Å². The molecule has 1 aromatic carbocycles. The fourth-order valence-electron chi connectivity index (χ4n) is 1.65. The van der Waals surface area contributed by atoms with Crippen molar-refractivity contribution in [2.24, 2.45) is 0 Å². The lowest BCUT2D eigenvalue weighted by atomic mass is 10.0. The van der Waals surface area contributed by atoms with Gasteiger partial charge in [-0.05, 0) is 35.7 Å². The first-order valence-corrected chi connectivity index (χ1v) is 5.88. The van der Waals surface area contributed by atoms with E-state index < -0.39 is 0 Å². The number of aromatic nitrogens is 1. The van der Waals surface area contributed by atoms with Gasteiger partial charge in [-0.3, -0.25) is 4.98 Å². The van der Waals surface area contributed by atoms with E-state index in [4.69, 9.17) is 0 Å². The summed E-state index contributed by atoms with van der Waals surface area (Å²) in [6.07, 6.45) is 3.38. The molecule has 1 aromatic heterocycles. The Morgan fingerprint density at radius 2 is 1.89 bits per heavy atom. The molecular weight excluding hydrogens is 225 g/mol. The average Bonchev–Trinajstić information content (AvgIpc) is 2.37. The van der Waals surface area contributed by atoms with Gasteiger partial charge in [-0.15, -0.1) is 0 Å². The highest BCUT2D eigenvalue weighted by atomic mass is 19.1. The Morgan fingerprint density at radius 3 is 2.50 bits per heavy atom. The molecule has 2 aromatic rings. The normalized spacial score (nSPS) is 10.0. The van der Waals surface area contributed by atoms with Gasteiger partial charge in [0, 0.05) is 23.5 Å². The lowest BCUT2D eigenvalue weighted by molar-refractivity contribution is 0.598. The van der Waals surface area contributed by atoms with Crippen molar-refractivity contribution in [1.82, 2.24) is 4.98 Å². The van der Waals surface area contributed by atoms with E-state index in [0.717, 1.165) is 11.1 Å². The summed E-state index contributed by atoms with van der Waals surface area (Å²) in [4.78, 5) is 3.98. The maximum Gasteiger partial charge on any atom is 0.127 e. The van der Waals surface area contributed by atoms with Crippen molar-refractivity contribution >= 4 is 0 Å². The molecule has 90 valence electrons. The Balaban J connectivity index is 2.27. The summed E-state index contributed by atoms with van der Waals surface area (Å²) < 4.78 is 13.7. The number of hydrogen-bond donors (Lipinski definition) is 0. The summed E-state index contributed by atoms with van der Waals surface area (Å²) in [5, 5.41) is 0. The first-order chi connectivity index (χ1) is 8.66. The highest BCUT2D eigenvalue weighted by Crippen LogP contribution is 2.18. The second kappa shape index (κ2) is 5.46. The molecular formula is C16H14FN. The van der Waals surface area contributed by atoms with Gasteiger partial charge in [-0.25, -0.2) is 4.39 Å². The molecule has 0 radical (unpaired) electrons. The molecule has 0 atom stereocenters. The Morgan fingerprint density at radius 1 is 1.11 bits per heavy atom. The van der Waals surface area contributed by atoms with Crippen LogP contribution < -0.4 is 0 Å². The molecule has 0 N–H and O–H groups in total.